The maximum Gasteiger partial charge on any atom is 0.240 e. The molecule has 2 aliphatic rings. The summed E-state index contributed by atoms with van der Waals surface area (Å²) in [4.78, 5) is 28.2. The molecule has 2 saturated heterocycles. The Morgan fingerprint density at radius 2 is 2.32 bits per heavy atom. The number of carbonyl (C=O) groups is 2. The molecular weight excluding hydrogens is 284 g/mol. The quantitative estimate of drug-likeness (QED) is 0.633. The van der Waals surface area contributed by atoms with Gasteiger partial charge in [0.05, 0.1) is 18.6 Å². The molecule has 22 heavy (non-hydrogen) atoms. The molecule has 126 valence electrons. The van der Waals surface area contributed by atoms with Gasteiger partial charge < -0.3 is 25.2 Å². The molecule has 0 bridgehead atoms. The van der Waals surface area contributed by atoms with Gasteiger partial charge in [-0.05, 0) is 26.9 Å². The van der Waals surface area contributed by atoms with Crippen LogP contribution in [0.3, 0.4) is 0 Å². The van der Waals surface area contributed by atoms with E-state index in [2.05, 4.69) is 10.6 Å². The predicted octanol–water partition coefficient (Wildman–Crippen LogP) is -0.966. The first-order valence-electron chi connectivity index (χ1n) is 8.11. The fourth-order valence-electron chi connectivity index (χ4n) is 2.84. The van der Waals surface area contributed by atoms with E-state index in [1.165, 1.54) is 0 Å². The zero-order valence-electron chi connectivity index (χ0n) is 13.6. The van der Waals surface area contributed by atoms with Crippen molar-refractivity contribution in [1.82, 2.24) is 20.4 Å². The highest BCUT2D eigenvalue weighted by Crippen LogP contribution is 2.15. The molecule has 0 aromatic rings. The average Bonchev–Trinajstić information content (AvgIpc) is 2.96. The van der Waals surface area contributed by atoms with Gasteiger partial charge in [-0.15, -0.1) is 0 Å². The molecule has 2 N–H and O–H groups in total. The Morgan fingerprint density at radius 1 is 1.50 bits per heavy atom. The number of ether oxygens (including phenoxy) is 1. The van der Waals surface area contributed by atoms with Gasteiger partial charge in [0.2, 0.25) is 11.8 Å². The average molecular weight is 312 g/mol. The summed E-state index contributed by atoms with van der Waals surface area (Å²) in [5, 5.41) is 6.00. The molecule has 2 rings (SSSR count). The molecule has 0 radical (unpaired) electrons. The summed E-state index contributed by atoms with van der Waals surface area (Å²) < 4.78 is 5.60. The van der Waals surface area contributed by atoms with Gasteiger partial charge >= 0.3 is 0 Å². The lowest BCUT2D eigenvalue weighted by Crippen LogP contribution is -2.57. The molecule has 2 amide bonds. The first kappa shape index (κ1) is 17.2. The van der Waals surface area contributed by atoms with Crippen molar-refractivity contribution in [2.45, 2.75) is 31.4 Å². The summed E-state index contributed by atoms with van der Waals surface area (Å²) in [5.74, 6) is -0.0591. The second kappa shape index (κ2) is 8.45. The van der Waals surface area contributed by atoms with E-state index in [-0.39, 0.29) is 24.3 Å². The van der Waals surface area contributed by atoms with Crippen LogP contribution < -0.4 is 10.6 Å². The van der Waals surface area contributed by atoms with E-state index >= 15 is 0 Å². The number of nitrogens with zero attached hydrogens (tertiary/aromatic N) is 2. The molecule has 2 heterocycles. The van der Waals surface area contributed by atoms with Gasteiger partial charge in [-0.3, -0.25) is 9.59 Å². The normalized spacial score (nSPS) is 25.8. The van der Waals surface area contributed by atoms with Crippen molar-refractivity contribution in [3.8, 4) is 0 Å². The predicted molar refractivity (Wildman–Crippen MR) is 83.5 cm³/mol. The van der Waals surface area contributed by atoms with Crippen LogP contribution in [0, 0.1) is 0 Å². The zero-order chi connectivity index (χ0) is 15.9. The maximum atomic E-state index is 12.5. The van der Waals surface area contributed by atoms with Crippen LogP contribution in [0.25, 0.3) is 0 Å². The molecule has 2 unspecified atom stereocenters. The van der Waals surface area contributed by atoms with Crippen molar-refractivity contribution in [3.05, 3.63) is 0 Å². The third-order valence-electron chi connectivity index (χ3n) is 4.10. The largest absolute Gasteiger partial charge is 0.376 e. The number of rotatable bonds is 7. The van der Waals surface area contributed by atoms with Crippen LogP contribution in [0.2, 0.25) is 0 Å². The molecule has 7 nitrogen and oxygen atoms in total. The van der Waals surface area contributed by atoms with Gasteiger partial charge in [0, 0.05) is 39.3 Å². The van der Waals surface area contributed by atoms with Crippen LogP contribution in [0.1, 0.15) is 19.3 Å². The first-order valence-corrected chi connectivity index (χ1v) is 8.11. The molecule has 2 aliphatic heterocycles. The van der Waals surface area contributed by atoms with E-state index in [1.54, 1.807) is 0 Å². The van der Waals surface area contributed by atoms with Gasteiger partial charge in [-0.2, -0.15) is 0 Å². The summed E-state index contributed by atoms with van der Waals surface area (Å²) in [7, 11) is 3.92. The van der Waals surface area contributed by atoms with E-state index in [4.69, 9.17) is 4.74 Å². The minimum absolute atomic E-state index is 0.0181. The molecular formula is C15H28N4O3. The van der Waals surface area contributed by atoms with Crippen LogP contribution in [0.15, 0.2) is 0 Å². The summed E-state index contributed by atoms with van der Waals surface area (Å²) in [6.07, 6.45) is 2.46. The minimum Gasteiger partial charge on any atom is -0.376 e. The molecule has 0 aromatic heterocycles. The second-order valence-corrected chi connectivity index (χ2v) is 6.28. The van der Waals surface area contributed by atoms with E-state index in [0.29, 0.717) is 19.6 Å². The summed E-state index contributed by atoms with van der Waals surface area (Å²) in [6.45, 7) is 4.27. The Bertz CT molecular complexity index is 383. The molecule has 0 aromatic carbocycles. The summed E-state index contributed by atoms with van der Waals surface area (Å²) in [5.41, 5.74) is 0. The zero-order valence-corrected chi connectivity index (χ0v) is 13.6. The molecule has 2 fully saturated rings. The molecule has 0 spiro atoms. The highest BCUT2D eigenvalue weighted by Gasteiger charge is 2.32. The molecule has 2 atom stereocenters. The van der Waals surface area contributed by atoms with Crippen LogP contribution in [0.5, 0.6) is 0 Å². The Kier molecular flexibility index (Phi) is 6.60. The number of piperazine rings is 1. The van der Waals surface area contributed by atoms with E-state index in [1.807, 2.05) is 23.9 Å². The van der Waals surface area contributed by atoms with Crippen LogP contribution >= 0.6 is 0 Å². The lowest BCUT2D eigenvalue weighted by atomic mass is 10.1. The van der Waals surface area contributed by atoms with Crippen molar-refractivity contribution in [3.63, 3.8) is 0 Å². The van der Waals surface area contributed by atoms with Crippen LogP contribution in [0.4, 0.5) is 0 Å². The van der Waals surface area contributed by atoms with Crippen molar-refractivity contribution in [2.75, 3.05) is 53.4 Å². The molecule has 0 saturated carbocycles. The van der Waals surface area contributed by atoms with Crippen molar-refractivity contribution >= 4 is 11.8 Å². The number of hydrogen-bond acceptors (Lipinski definition) is 5. The first-order chi connectivity index (χ1) is 10.6. The van der Waals surface area contributed by atoms with Gasteiger partial charge in [0.25, 0.3) is 0 Å². The maximum absolute atomic E-state index is 12.5. The molecule has 7 heteroatoms. The number of nitrogens with one attached hydrogen (secondary N) is 2. The van der Waals surface area contributed by atoms with Gasteiger partial charge in [-0.1, -0.05) is 0 Å². The summed E-state index contributed by atoms with van der Waals surface area (Å²) >= 11 is 0. The Balaban J connectivity index is 1.75. The van der Waals surface area contributed by atoms with E-state index in [9.17, 15) is 9.59 Å². The third-order valence-corrected chi connectivity index (χ3v) is 4.10. The van der Waals surface area contributed by atoms with Crippen molar-refractivity contribution in [1.29, 1.82) is 0 Å². The lowest BCUT2D eigenvalue weighted by molar-refractivity contribution is -0.139. The Hall–Kier alpha value is -1.18. The fraction of sp³-hybridized carbons (Fsp3) is 0.867. The second-order valence-electron chi connectivity index (χ2n) is 6.28. The van der Waals surface area contributed by atoms with Crippen LogP contribution in [-0.2, 0) is 14.3 Å². The SMILES string of the molecule is CN(C)CCNC(=O)CC1NCCN(CC2CCCO2)C1=O. The topological polar surface area (TPSA) is 73.9 Å². The van der Waals surface area contributed by atoms with Gasteiger partial charge in [0.15, 0.2) is 0 Å². The van der Waals surface area contributed by atoms with Crippen molar-refractivity contribution in [2.24, 2.45) is 0 Å². The fourth-order valence-corrected chi connectivity index (χ4v) is 2.84. The minimum atomic E-state index is -0.408. The number of carbonyl (C=O) groups excluding carboxylic acids is 2. The molecule has 0 aliphatic carbocycles. The summed E-state index contributed by atoms with van der Waals surface area (Å²) in [6, 6.07) is -0.408. The van der Waals surface area contributed by atoms with Crippen molar-refractivity contribution < 1.29 is 14.3 Å². The van der Waals surface area contributed by atoms with E-state index < -0.39 is 6.04 Å². The number of likely N-dealkylation sites (N-methyl/N-ethyl adjacent to an activating group) is 1. The van der Waals surface area contributed by atoms with Crippen LogP contribution in [-0.4, -0.2) is 87.2 Å². The monoisotopic (exact) mass is 312 g/mol. The standard InChI is InChI=1S/C15H28N4O3/c1-18(2)7-5-17-14(20)10-13-15(21)19(8-6-16-13)11-12-4-3-9-22-12/h12-13,16H,3-11H2,1-2H3,(H,17,20). The lowest BCUT2D eigenvalue weighted by Gasteiger charge is -2.34. The third kappa shape index (κ3) is 5.23. The number of amides is 2. The van der Waals surface area contributed by atoms with E-state index in [0.717, 1.165) is 32.5 Å². The smallest absolute Gasteiger partial charge is 0.240 e. The number of hydrogen-bond donors (Lipinski definition) is 2. The highest BCUT2D eigenvalue weighted by atomic mass is 16.5. The Morgan fingerprint density at radius 3 is 3.00 bits per heavy atom. The Labute approximate surface area is 132 Å². The van der Waals surface area contributed by atoms with Gasteiger partial charge in [0.1, 0.15) is 0 Å². The highest BCUT2D eigenvalue weighted by molar-refractivity contribution is 5.88. The van der Waals surface area contributed by atoms with Gasteiger partial charge in [-0.25, -0.2) is 0 Å².